The van der Waals surface area contributed by atoms with Crippen molar-refractivity contribution in [3.8, 4) is 17.5 Å². The molecular weight excluding hydrogens is 388 g/mol. The Morgan fingerprint density at radius 1 is 1.32 bits per heavy atom. The summed E-state index contributed by atoms with van der Waals surface area (Å²) in [5.74, 6) is 0.813. The Balaban J connectivity index is 1.65. The number of carbonyl (C=O) groups is 1. The first-order chi connectivity index (χ1) is 13.5. The molecule has 0 unspecified atom stereocenters. The lowest BCUT2D eigenvalue weighted by Gasteiger charge is -2.20. The van der Waals surface area contributed by atoms with Crippen molar-refractivity contribution in [1.82, 2.24) is 24.9 Å². The molecule has 11 nitrogen and oxygen atoms in total. The topological polar surface area (TPSA) is 149 Å². The summed E-state index contributed by atoms with van der Waals surface area (Å²) in [7, 11) is -4.11. The molecule has 12 heteroatoms. The molecule has 0 radical (unpaired) electrons. The fourth-order valence-electron chi connectivity index (χ4n) is 2.68. The SMILES string of the molecule is N#CCOC(=O)NS(=O)(=O)c1ccc(-c2nnn(CC3CCOCC3)n2)cc1. The quantitative estimate of drug-likeness (QED) is 0.731. The molecule has 1 fully saturated rings. The zero-order chi connectivity index (χ0) is 20.0. The largest absolute Gasteiger partial charge is 0.433 e. The second-order valence-corrected chi connectivity index (χ2v) is 7.77. The van der Waals surface area contributed by atoms with Gasteiger partial charge in [-0.15, -0.1) is 10.2 Å². The minimum absolute atomic E-state index is 0.139. The number of hydrogen-bond donors (Lipinski definition) is 1. The number of hydrogen-bond acceptors (Lipinski definition) is 9. The smallest absolute Gasteiger partial charge is 0.422 e. The molecule has 1 N–H and O–H groups in total. The van der Waals surface area contributed by atoms with E-state index in [1.807, 2.05) is 0 Å². The third-order valence-corrected chi connectivity index (χ3v) is 5.45. The number of carbonyl (C=O) groups excluding carboxylic acids is 1. The van der Waals surface area contributed by atoms with Crippen LogP contribution in [0.1, 0.15) is 12.8 Å². The number of tetrazole rings is 1. The molecule has 0 atom stereocenters. The summed E-state index contributed by atoms with van der Waals surface area (Å²) >= 11 is 0. The molecule has 0 aliphatic carbocycles. The summed E-state index contributed by atoms with van der Waals surface area (Å²) in [6.07, 6.45) is 0.684. The molecule has 0 saturated carbocycles. The van der Waals surface area contributed by atoms with Crippen LogP contribution in [0.2, 0.25) is 0 Å². The molecule has 148 valence electrons. The summed E-state index contributed by atoms with van der Waals surface area (Å²) < 4.78 is 35.7. The van der Waals surface area contributed by atoms with E-state index in [0.29, 0.717) is 23.9 Å². The number of aromatic nitrogens is 4. The summed E-state index contributed by atoms with van der Waals surface area (Å²) in [6.45, 7) is 1.58. The van der Waals surface area contributed by atoms with Crippen LogP contribution in [0.5, 0.6) is 0 Å². The molecule has 2 aromatic rings. The molecule has 2 heterocycles. The van der Waals surface area contributed by atoms with E-state index in [4.69, 9.17) is 10.00 Å². The summed E-state index contributed by atoms with van der Waals surface area (Å²) in [4.78, 5) is 12.7. The summed E-state index contributed by atoms with van der Waals surface area (Å²) in [6, 6.07) is 7.24. The second-order valence-electron chi connectivity index (χ2n) is 6.09. The molecule has 1 aromatic heterocycles. The molecule has 3 rings (SSSR count). The average Bonchev–Trinajstić information content (AvgIpc) is 3.15. The number of sulfonamides is 1. The first-order valence-electron chi connectivity index (χ1n) is 8.50. The highest BCUT2D eigenvalue weighted by atomic mass is 32.2. The van der Waals surface area contributed by atoms with E-state index in [9.17, 15) is 13.2 Å². The van der Waals surface area contributed by atoms with Gasteiger partial charge in [0.2, 0.25) is 5.82 Å². The summed E-state index contributed by atoms with van der Waals surface area (Å²) in [5, 5.41) is 20.7. The van der Waals surface area contributed by atoms with Gasteiger partial charge in [0.1, 0.15) is 6.07 Å². The zero-order valence-electron chi connectivity index (χ0n) is 14.8. The molecule has 0 spiro atoms. The third-order valence-electron chi connectivity index (χ3n) is 4.12. The number of amides is 1. The van der Waals surface area contributed by atoms with E-state index in [2.05, 4.69) is 20.1 Å². The Bertz CT molecular complexity index is 960. The van der Waals surface area contributed by atoms with Crippen LogP contribution >= 0.6 is 0 Å². The van der Waals surface area contributed by atoms with E-state index in [1.54, 1.807) is 10.8 Å². The monoisotopic (exact) mass is 406 g/mol. The van der Waals surface area contributed by atoms with Crippen molar-refractivity contribution in [1.29, 1.82) is 5.26 Å². The molecule has 28 heavy (non-hydrogen) atoms. The van der Waals surface area contributed by atoms with Crippen LogP contribution in [-0.4, -0.2) is 54.5 Å². The number of rotatable bonds is 6. The van der Waals surface area contributed by atoms with Gasteiger partial charge in [0.05, 0.1) is 11.4 Å². The maximum Gasteiger partial charge on any atom is 0.422 e. The maximum absolute atomic E-state index is 12.1. The van der Waals surface area contributed by atoms with Gasteiger partial charge in [-0.1, -0.05) is 0 Å². The van der Waals surface area contributed by atoms with Crippen LogP contribution < -0.4 is 4.72 Å². The van der Waals surface area contributed by atoms with Gasteiger partial charge >= 0.3 is 6.09 Å². The van der Waals surface area contributed by atoms with E-state index in [1.165, 1.54) is 29.1 Å². The molecule has 1 saturated heterocycles. The second kappa shape index (κ2) is 8.77. The van der Waals surface area contributed by atoms with Gasteiger partial charge in [0.25, 0.3) is 10.0 Å². The van der Waals surface area contributed by atoms with Gasteiger partial charge < -0.3 is 9.47 Å². The number of nitrogens with zero attached hydrogens (tertiary/aromatic N) is 5. The standard InChI is InChI=1S/C16H18N6O5S/c17-7-10-27-16(23)20-28(24,25)14-3-1-13(2-4-14)15-18-21-22(19-15)11-12-5-8-26-9-6-12/h1-4,12H,5-6,8-11H2,(H,20,23). The van der Waals surface area contributed by atoms with Gasteiger partial charge in [0.15, 0.2) is 6.61 Å². The van der Waals surface area contributed by atoms with Crippen LogP contribution in [0, 0.1) is 17.2 Å². The predicted molar refractivity (Wildman–Crippen MR) is 94.1 cm³/mol. The Kier molecular flexibility index (Phi) is 6.17. The first kappa shape index (κ1) is 19.7. The lowest BCUT2D eigenvalue weighted by atomic mass is 10.0. The average molecular weight is 406 g/mol. The number of benzene rings is 1. The van der Waals surface area contributed by atoms with Crippen LogP contribution in [-0.2, 0) is 26.0 Å². The zero-order valence-corrected chi connectivity index (χ0v) is 15.6. The van der Waals surface area contributed by atoms with Gasteiger partial charge in [-0.2, -0.15) is 10.1 Å². The molecule has 1 aromatic carbocycles. The van der Waals surface area contributed by atoms with Crippen LogP contribution in [0.3, 0.4) is 0 Å². The van der Waals surface area contributed by atoms with E-state index in [0.717, 1.165) is 26.1 Å². The Hall–Kier alpha value is -3.04. The van der Waals surface area contributed by atoms with E-state index < -0.39 is 22.7 Å². The van der Waals surface area contributed by atoms with Crippen molar-refractivity contribution < 1.29 is 22.7 Å². The summed E-state index contributed by atoms with van der Waals surface area (Å²) in [5.41, 5.74) is 0.587. The highest BCUT2D eigenvalue weighted by molar-refractivity contribution is 7.90. The van der Waals surface area contributed by atoms with E-state index in [-0.39, 0.29) is 4.90 Å². The Morgan fingerprint density at radius 3 is 2.71 bits per heavy atom. The van der Waals surface area contributed by atoms with Crippen molar-refractivity contribution in [3.63, 3.8) is 0 Å². The first-order valence-corrected chi connectivity index (χ1v) is 9.99. The van der Waals surface area contributed by atoms with Gasteiger partial charge in [-0.05, 0) is 48.2 Å². The minimum atomic E-state index is -4.11. The van der Waals surface area contributed by atoms with Crippen molar-refractivity contribution in [2.75, 3.05) is 19.8 Å². The van der Waals surface area contributed by atoms with Gasteiger partial charge in [0, 0.05) is 18.8 Å². The van der Waals surface area contributed by atoms with Crippen molar-refractivity contribution >= 4 is 16.1 Å². The third kappa shape index (κ3) is 5.02. The van der Waals surface area contributed by atoms with Gasteiger partial charge in [-0.3, -0.25) is 0 Å². The van der Waals surface area contributed by atoms with Crippen molar-refractivity contribution in [2.24, 2.45) is 5.92 Å². The molecule has 0 bridgehead atoms. The molecular formula is C16H18N6O5S. The Morgan fingerprint density at radius 2 is 2.04 bits per heavy atom. The number of nitriles is 1. The lowest BCUT2D eigenvalue weighted by molar-refractivity contribution is 0.0586. The van der Waals surface area contributed by atoms with Crippen molar-refractivity contribution in [2.45, 2.75) is 24.3 Å². The number of ether oxygens (including phenoxy) is 2. The van der Waals surface area contributed by atoms with Gasteiger partial charge in [-0.25, -0.2) is 17.9 Å². The highest BCUT2D eigenvalue weighted by Crippen LogP contribution is 2.19. The fourth-order valence-corrected chi connectivity index (χ4v) is 3.57. The minimum Gasteiger partial charge on any atom is -0.433 e. The van der Waals surface area contributed by atoms with E-state index >= 15 is 0 Å². The molecule has 1 aliphatic heterocycles. The Labute approximate surface area is 161 Å². The lowest BCUT2D eigenvalue weighted by Crippen LogP contribution is -2.31. The van der Waals surface area contributed by atoms with Crippen LogP contribution in [0.15, 0.2) is 29.2 Å². The maximum atomic E-state index is 12.1. The fraction of sp³-hybridized carbons (Fsp3) is 0.438. The van der Waals surface area contributed by atoms with Crippen LogP contribution in [0.4, 0.5) is 4.79 Å². The molecule has 1 aliphatic rings. The number of nitrogens with one attached hydrogen (secondary N) is 1. The highest BCUT2D eigenvalue weighted by Gasteiger charge is 2.19. The van der Waals surface area contributed by atoms with Crippen LogP contribution in [0.25, 0.3) is 11.4 Å². The molecule has 1 amide bonds. The predicted octanol–water partition coefficient (Wildman–Crippen LogP) is 0.705. The van der Waals surface area contributed by atoms with Crippen molar-refractivity contribution in [3.05, 3.63) is 24.3 Å². The normalized spacial score (nSPS) is 15.0.